The first kappa shape index (κ1) is 18.2. The van der Waals surface area contributed by atoms with E-state index in [0.717, 1.165) is 25.7 Å². The van der Waals surface area contributed by atoms with Gasteiger partial charge in [0.1, 0.15) is 6.61 Å². The third-order valence-corrected chi connectivity index (χ3v) is 3.22. The van der Waals surface area contributed by atoms with E-state index in [2.05, 4.69) is 19.9 Å². The van der Waals surface area contributed by atoms with Crippen LogP contribution in [0, 0.1) is 0 Å². The van der Waals surface area contributed by atoms with Gasteiger partial charge in [0.25, 0.3) is 0 Å². The second kappa shape index (κ2) is 15.3. The molecule has 0 heterocycles. The SMILES string of the molecule is CCCCCCCC/C=C/COC(=O)CCCCC. The fourth-order valence-corrected chi connectivity index (χ4v) is 1.96. The Bertz CT molecular complexity index is 221. The number of carbonyl (C=O) groups excluding carboxylic acids is 1. The van der Waals surface area contributed by atoms with E-state index in [1.165, 1.54) is 38.5 Å². The molecule has 0 radical (unpaired) electrons. The number of unbranched alkanes of at least 4 members (excludes halogenated alkanes) is 8. The Labute approximate surface area is 119 Å². The molecule has 0 saturated heterocycles. The van der Waals surface area contributed by atoms with Crippen LogP contribution in [0.25, 0.3) is 0 Å². The lowest BCUT2D eigenvalue weighted by atomic mass is 10.1. The summed E-state index contributed by atoms with van der Waals surface area (Å²) < 4.78 is 5.12. The summed E-state index contributed by atoms with van der Waals surface area (Å²) in [5.74, 6) is -0.0577. The number of hydrogen-bond acceptors (Lipinski definition) is 2. The maximum Gasteiger partial charge on any atom is 0.306 e. The largest absolute Gasteiger partial charge is 0.461 e. The minimum absolute atomic E-state index is 0.0577. The summed E-state index contributed by atoms with van der Waals surface area (Å²) in [6.07, 6.45) is 17.0. The van der Waals surface area contributed by atoms with Crippen LogP contribution < -0.4 is 0 Å². The van der Waals surface area contributed by atoms with Gasteiger partial charge in [-0.3, -0.25) is 4.79 Å². The van der Waals surface area contributed by atoms with E-state index in [0.29, 0.717) is 13.0 Å². The first-order valence-electron chi connectivity index (χ1n) is 8.11. The lowest BCUT2D eigenvalue weighted by Crippen LogP contribution is -2.03. The molecular formula is C17H32O2. The van der Waals surface area contributed by atoms with Crippen molar-refractivity contribution >= 4 is 5.97 Å². The Morgan fingerprint density at radius 3 is 2.21 bits per heavy atom. The van der Waals surface area contributed by atoms with Gasteiger partial charge < -0.3 is 4.74 Å². The van der Waals surface area contributed by atoms with Crippen LogP contribution in [0.4, 0.5) is 0 Å². The first-order chi connectivity index (χ1) is 9.31. The lowest BCUT2D eigenvalue weighted by Gasteiger charge is -2.01. The van der Waals surface area contributed by atoms with Gasteiger partial charge >= 0.3 is 5.97 Å². The minimum atomic E-state index is -0.0577. The van der Waals surface area contributed by atoms with E-state index in [-0.39, 0.29) is 5.97 Å². The quantitative estimate of drug-likeness (QED) is 0.253. The van der Waals surface area contributed by atoms with Crippen molar-refractivity contribution in [3.05, 3.63) is 12.2 Å². The highest BCUT2D eigenvalue weighted by atomic mass is 16.5. The second-order valence-electron chi connectivity index (χ2n) is 5.17. The topological polar surface area (TPSA) is 26.3 Å². The molecule has 0 aliphatic carbocycles. The number of hydrogen-bond donors (Lipinski definition) is 0. The van der Waals surface area contributed by atoms with Gasteiger partial charge in [-0.25, -0.2) is 0 Å². The Balaban J connectivity index is 3.22. The summed E-state index contributed by atoms with van der Waals surface area (Å²) in [6.45, 7) is 4.82. The van der Waals surface area contributed by atoms with Gasteiger partial charge in [-0.15, -0.1) is 0 Å². The van der Waals surface area contributed by atoms with Gasteiger partial charge in [0.2, 0.25) is 0 Å². The zero-order chi connectivity index (χ0) is 14.2. The maximum atomic E-state index is 11.3. The molecule has 0 unspecified atom stereocenters. The summed E-state index contributed by atoms with van der Waals surface area (Å²) in [5.41, 5.74) is 0. The third-order valence-electron chi connectivity index (χ3n) is 3.22. The molecule has 0 spiro atoms. The summed E-state index contributed by atoms with van der Waals surface area (Å²) in [6, 6.07) is 0. The van der Waals surface area contributed by atoms with Gasteiger partial charge in [-0.1, -0.05) is 70.9 Å². The minimum Gasteiger partial charge on any atom is -0.461 e. The molecule has 112 valence electrons. The maximum absolute atomic E-state index is 11.3. The molecule has 0 aromatic heterocycles. The highest BCUT2D eigenvalue weighted by molar-refractivity contribution is 5.69. The normalized spacial score (nSPS) is 11.1. The third kappa shape index (κ3) is 15.2. The highest BCUT2D eigenvalue weighted by Gasteiger charge is 1.99. The molecular weight excluding hydrogens is 236 g/mol. The van der Waals surface area contributed by atoms with Crippen LogP contribution in [0.5, 0.6) is 0 Å². The number of esters is 1. The molecule has 0 aromatic rings. The van der Waals surface area contributed by atoms with Crippen LogP contribution in [-0.4, -0.2) is 12.6 Å². The van der Waals surface area contributed by atoms with Gasteiger partial charge in [0, 0.05) is 6.42 Å². The van der Waals surface area contributed by atoms with Crippen molar-refractivity contribution in [2.75, 3.05) is 6.61 Å². The number of ether oxygens (including phenoxy) is 1. The monoisotopic (exact) mass is 268 g/mol. The number of rotatable bonds is 13. The molecule has 0 amide bonds. The Morgan fingerprint density at radius 1 is 0.842 bits per heavy atom. The van der Waals surface area contributed by atoms with Crippen LogP contribution in [0.3, 0.4) is 0 Å². The molecule has 0 aromatic carbocycles. The fraction of sp³-hybridized carbons (Fsp3) is 0.824. The molecule has 0 N–H and O–H groups in total. The van der Waals surface area contributed by atoms with Crippen molar-refractivity contribution < 1.29 is 9.53 Å². The summed E-state index contributed by atoms with van der Waals surface area (Å²) in [4.78, 5) is 11.3. The molecule has 0 bridgehead atoms. The van der Waals surface area contributed by atoms with E-state index < -0.39 is 0 Å². The van der Waals surface area contributed by atoms with E-state index >= 15 is 0 Å². The summed E-state index contributed by atoms with van der Waals surface area (Å²) >= 11 is 0. The van der Waals surface area contributed by atoms with Crippen LogP contribution >= 0.6 is 0 Å². The molecule has 0 aliphatic heterocycles. The predicted molar refractivity (Wildman–Crippen MR) is 82.2 cm³/mol. The standard InChI is InChI=1S/C17H32O2/c1-3-5-7-8-9-10-11-12-14-16-19-17(18)15-13-6-4-2/h12,14H,3-11,13,15-16H2,1-2H3/b14-12+. The van der Waals surface area contributed by atoms with Gasteiger partial charge in [-0.05, 0) is 19.3 Å². The number of allylic oxidation sites excluding steroid dienone is 1. The first-order valence-corrected chi connectivity index (χ1v) is 8.11. The average Bonchev–Trinajstić information content (AvgIpc) is 2.41. The van der Waals surface area contributed by atoms with Crippen LogP contribution in [-0.2, 0) is 9.53 Å². The smallest absolute Gasteiger partial charge is 0.306 e. The van der Waals surface area contributed by atoms with Crippen LogP contribution in [0.2, 0.25) is 0 Å². The second-order valence-corrected chi connectivity index (χ2v) is 5.17. The molecule has 0 aliphatic rings. The average molecular weight is 268 g/mol. The van der Waals surface area contributed by atoms with Crippen molar-refractivity contribution in [2.24, 2.45) is 0 Å². The van der Waals surface area contributed by atoms with Crippen molar-refractivity contribution in [1.82, 2.24) is 0 Å². The van der Waals surface area contributed by atoms with Crippen molar-refractivity contribution in [1.29, 1.82) is 0 Å². The molecule has 0 saturated carbocycles. The zero-order valence-electron chi connectivity index (χ0n) is 13.0. The van der Waals surface area contributed by atoms with Crippen molar-refractivity contribution in [3.8, 4) is 0 Å². The predicted octanol–water partition coefficient (Wildman–Crippen LogP) is 5.42. The molecule has 0 atom stereocenters. The van der Waals surface area contributed by atoms with Gasteiger partial charge in [0.05, 0.1) is 0 Å². The van der Waals surface area contributed by atoms with E-state index in [1.807, 2.05) is 6.08 Å². The molecule has 0 fully saturated rings. The zero-order valence-corrected chi connectivity index (χ0v) is 13.0. The fourth-order valence-electron chi connectivity index (χ4n) is 1.96. The molecule has 2 nitrogen and oxygen atoms in total. The van der Waals surface area contributed by atoms with Crippen LogP contribution in [0.15, 0.2) is 12.2 Å². The van der Waals surface area contributed by atoms with E-state index in [4.69, 9.17) is 4.74 Å². The van der Waals surface area contributed by atoms with Gasteiger partial charge in [-0.2, -0.15) is 0 Å². The Kier molecular flexibility index (Phi) is 14.6. The number of carbonyl (C=O) groups is 1. The molecule has 2 heteroatoms. The van der Waals surface area contributed by atoms with E-state index in [9.17, 15) is 4.79 Å². The molecule has 19 heavy (non-hydrogen) atoms. The molecule has 0 rings (SSSR count). The van der Waals surface area contributed by atoms with Crippen LogP contribution in [0.1, 0.15) is 84.5 Å². The van der Waals surface area contributed by atoms with Crippen molar-refractivity contribution in [2.45, 2.75) is 84.5 Å². The van der Waals surface area contributed by atoms with Gasteiger partial charge in [0.15, 0.2) is 0 Å². The van der Waals surface area contributed by atoms with Crippen molar-refractivity contribution in [3.63, 3.8) is 0 Å². The Hall–Kier alpha value is -0.790. The lowest BCUT2D eigenvalue weighted by molar-refractivity contribution is -0.142. The van der Waals surface area contributed by atoms with E-state index in [1.54, 1.807) is 0 Å². The summed E-state index contributed by atoms with van der Waals surface area (Å²) in [5, 5.41) is 0. The highest BCUT2D eigenvalue weighted by Crippen LogP contribution is 2.07. The Morgan fingerprint density at radius 2 is 1.47 bits per heavy atom. The summed E-state index contributed by atoms with van der Waals surface area (Å²) in [7, 11) is 0.